The Hall–Kier alpha value is -4.13. The van der Waals surface area contributed by atoms with Crippen LogP contribution in [-0.4, -0.2) is 26.1 Å². The van der Waals surface area contributed by atoms with E-state index in [1.807, 2.05) is 83.1 Å². The van der Waals surface area contributed by atoms with E-state index in [1.54, 1.807) is 10.8 Å². The molecule has 0 aliphatic rings. The first kappa shape index (κ1) is 23.0. The number of pyridine rings is 1. The van der Waals surface area contributed by atoms with Gasteiger partial charge in [0.15, 0.2) is 5.84 Å². The standard InChI is InChI=1S/C27H28N6O/c1-6-33-25-20(15-29-27(32-25)31-21-10-7-17(4)8-11-21)14-23(26(33)34)22-12-9-19(13-18(22)5)24(28)30-16(2)3/h7-15,28H,6H2,1-5H3,(H,29,31,32). The van der Waals surface area contributed by atoms with Gasteiger partial charge >= 0.3 is 0 Å². The van der Waals surface area contributed by atoms with Crippen LogP contribution in [0.2, 0.25) is 0 Å². The number of nitrogens with one attached hydrogen (secondary N) is 2. The lowest BCUT2D eigenvalue weighted by Crippen LogP contribution is -2.22. The summed E-state index contributed by atoms with van der Waals surface area (Å²) in [5.74, 6) is 0.651. The van der Waals surface area contributed by atoms with Gasteiger partial charge < -0.3 is 5.32 Å². The summed E-state index contributed by atoms with van der Waals surface area (Å²) < 4.78 is 1.67. The Morgan fingerprint density at radius 1 is 1.06 bits per heavy atom. The molecule has 2 aromatic heterocycles. The molecule has 0 saturated carbocycles. The van der Waals surface area contributed by atoms with E-state index in [1.165, 1.54) is 5.56 Å². The van der Waals surface area contributed by atoms with Gasteiger partial charge in [-0.15, -0.1) is 0 Å². The minimum atomic E-state index is -0.108. The Morgan fingerprint density at radius 2 is 1.79 bits per heavy atom. The normalized spacial score (nSPS) is 10.9. The molecular weight excluding hydrogens is 424 g/mol. The van der Waals surface area contributed by atoms with Gasteiger partial charge in [-0.3, -0.25) is 14.8 Å². The maximum absolute atomic E-state index is 13.5. The second-order valence-corrected chi connectivity index (χ2v) is 8.51. The summed E-state index contributed by atoms with van der Waals surface area (Å²) in [5, 5.41) is 12.2. The van der Waals surface area contributed by atoms with Crippen LogP contribution in [0, 0.1) is 19.3 Å². The van der Waals surface area contributed by atoms with Crippen LogP contribution in [-0.2, 0) is 6.54 Å². The molecule has 7 heteroatoms. The number of anilines is 2. The molecule has 0 bridgehead atoms. The number of amidine groups is 1. The van der Waals surface area contributed by atoms with Crippen LogP contribution >= 0.6 is 0 Å². The smallest absolute Gasteiger partial charge is 0.260 e. The van der Waals surface area contributed by atoms with Crippen LogP contribution in [0.5, 0.6) is 0 Å². The fourth-order valence-corrected chi connectivity index (χ4v) is 3.87. The van der Waals surface area contributed by atoms with Crippen molar-refractivity contribution in [3.8, 4) is 11.1 Å². The first-order valence-corrected chi connectivity index (χ1v) is 11.2. The zero-order valence-corrected chi connectivity index (χ0v) is 20.1. The summed E-state index contributed by atoms with van der Waals surface area (Å²) in [6, 6.07) is 15.4. The molecule has 0 aliphatic carbocycles. The summed E-state index contributed by atoms with van der Waals surface area (Å²) in [6.45, 7) is 10.1. The zero-order chi connectivity index (χ0) is 24.4. The first-order valence-electron chi connectivity index (χ1n) is 11.2. The average Bonchev–Trinajstić information content (AvgIpc) is 2.80. The lowest BCUT2D eigenvalue weighted by molar-refractivity contribution is 0.750. The summed E-state index contributed by atoms with van der Waals surface area (Å²) in [7, 11) is 0. The average molecular weight is 453 g/mol. The topological polar surface area (TPSA) is 96.0 Å². The maximum Gasteiger partial charge on any atom is 0.260 e. The van der Waals surface area contributed by atoms with Gasteiger partial charge in [0, 0.05) is 40.7 Å². The van der Waals surface area contributed by atoms with Gasteiger partial charge in [0.05, 0.1) is 0 Å². The number of fused-ring (bicyclic) bond motifs is 1. The van der Waals surface area contributed by atoms with E-state index < -0.39 is 0 Å². The van der Waals surface area contributed by atoms with Gasteiger partial charge in [-0.1, -0.05) is 29.8 Å². The summed E-state index contributed by atoms with van der Waals surface area (Å²) in [6.07, 6.45) is 1.74. The molecule has 7 nitrogen and oxygen atoms in total. The van der Waals surface area contributed by atoms with Gasteiger partial charge in [0.1, 0.15) is 5.65 Å². The molecule has 0 fully saturated rings. The lowest BCUT2D eigenvalue weighted by Gasteiger charge is -2.14. The van der Waals surface area contributed by atoms with E-state index in [4.69, 9.17) is 5.41 Å². The first-order chi connectivity index (χ1) is 16.3. The number of nitrogens with zero attached hydrogens (tertiary/aromatic N) is 4. The highest BCUT2D eigenvalue weighted by Crippen LogP contribution is 2.25. The van der Waals surface area contributed by atoms with Crippen molar-refractivity contribution in [3.63, 3.8) is 0 Å². The van der Waals surface area contributed by atoms with E-state index >= 15 is 0 Å². The molecule has 172 valence electrons. The van der Waals surface area contributed by atoms with Crippen LogP contribution in [0.1, 0.15) is 37.5 Å². The molecule has 0 aliphatic heterocycles. The highest BCUT2D eigenvalue weighted by molar-refractivity contribution is 6.04. The molecular formula is C27H28N6O. The Labute approximate surface area is 198 Å². The van der Waals surface area contributed by atoms with Crippen LogP contribution in [0.4, 0.5) is 11.6 Å². The quantitative estimate of drug-likeness (QED) is 0.302. The molecule has 0 amide bonds. The molecule has 2 aromatic carbocycles. The van der Waals surface area contributed by atoms with Crippen molar-refractivity contribution in [2.75, 3.05) is 5.32 Å². The predicted octanol–water partition coefficient (Wildman–Crippen LogP) is 5.65. The van der Waals surface area contributed by atoms with Crippen molar-refractivity contribution >= 4 is 34.2 Å². The van der Waals surface area contributed by atoms with Gasteiger partial charge in [-0.2, -0.15) is 4.98 Å². The van der Waals surface area contributed by atoms with Crippen molar-refractivity contribution < 1.29 is 0 Å². The summed E-state index contributed by atoms with van der Waals surface area (Å²) in [4.78, 5) is 26.8. The number of hydrogen-bond donors (Lipinski definition) is 2. The number of aryl methyl sites for hydroxylation is 3. The third kappa shape index (κ3) is 4.64. The van der Waals surface area contributed by atoms with E-state index in [9.17, 15) is 4.79 Å². The molecule has 0 unspecified atom stereocenters. The Kier molecular flexibility index (Phi) is 6.36. The van der Waals surface area contributed by atoms with E-state index in [2.05, 4.69) is 20.3 Å². The highest BCUT2D eigenvalue weighted by atomic mass is 16.1. The molecule has 4 rings (SSSR count). The molecule has 2 heterocycles. The third-order valence-electron chi connectivity index (χ3n) is 5.58. The predicted molar refractivity (Wildman–Crippen MR) is 140 cm³/mol. The highest BCUT2D eigenvalue weighted by Gasteiger charge is 2.15. The molecule has 0 atom stereocenters. The maximum atomic E-state index is 13.5. The fourth-order valence-electron chi connectivity index (χ4n) is 3.87. The molecule has 34 heavy (non-hydrogen) atoms. The molecule has 4 aromatic rings. The zero-order valence-electron chi connectivity index (χ0n) is 20.1. The van der Waals surface area contributed by atoms with Gasteiger partial charge in [0.2, 0.25) is 5.95 Å². The second kappa shape index (κ2) is 9.39. The summed E-state index contributed by atoms with van der Waals surface area (Å²) in [5.41, 5.74) is 6.39. The summed E-state index contributed by atoms with van der Waals surface area (Å²) >= 11 is 0. The van der Waals surface area contributed by atoms with Gasteiger partial charge in [-0.25, -0.2) is 9.98 Å². The van der Waals surface area contributed by atoms with Gasteiger partial charge in [0.25, 0.3) is 5.56 Å². The third-order valence-corrected chi connectivity index (χ3v) is 5.58. The second-order valence-electron chi connectivity index (χ2n) is 8.51. The van der Waals surface area contributed by atoms with E-state index in [-0.39, 0.29) is 11.4 Å². The minimum Gasteiger partial charge on any atom is -0.324 e. The van der Waals surface area contributed by atoms with Crippen molar-refractivity contribution in [2.45, 2.75) is 41.2 Å². The number of aliphatic imine (C=N–C) groups is 1. The number of benzene rings is 2. The number of rotatable bonds is 5. The minimum absolute atomic E-state index is 0.108. The van der Waals surface area contributed by atoms with Crippen LogP contribution in [0.3, 0.4) is 0 Å². The van der Waals surface area contributed by atoms with Crippen molar-refractivity contribution in [3.05, 3.63) is 81.8 Å². The Morgan fingerprint density at radius 3 is 2.44 bits per heavy atom. The van der Waals surface area contributed by atoms with Crippen molar-refractivity contribution in [1.29, 1.82) is 5.41 Å². The lowest BCUT2D eigenvalue weighted by atomic mass is 9.98. The Bertz CT molecular complexity index is 1480. The fraction of sp³-hybridized carbons (Fsp3) is 0.222. The van der Waals surface area contributed by atoms with Gasteiger partial charge in [-0.05, 0) is 70.0 Å². The number of hydrogen-bond acceptors (Lipinski definition) is 5. The Balaban J connectivity index is 1.77. The van der Waals surface area contributed by atoms with Crippen molar-refractivity contribution in [2.24, 2.45) is 4.99 Å². The number of aromatic nitrogens is 3. The van der Waals surface area contributed by atoms with E-state index in [0.29, 0.717) is 29.3 Å². The molecule has 0 saturated heterocycles. The molecule has 0 spiro atoms. The molecule has 2 N–H and O–H groups in total. The SMILES string of the molecule is CCn1c(=O)c(-c2ccc(C(=N)N=C(C)C)cc2C)cc2cnc(Nc3ccc(C)cc3)nc21. The van der Waals surface area contributed by atoms with Crippen molar-refractivity contribution in [1.82, 2.24) is 14.5 Å². The molecule has 0 radical (unpaired) electrons. The largest absolute Gasteiger partial charge is 0.324 e. The van der Waals surface area contributed by atoms with E-state index in [0.717, 1.165) is 27.9 Å². The van der Waals surface area contributed by atoms with Crippen LogP contribution in [0.15, 0.2) is 64.5 Å². The monoisotopic (exact) mass is 452 g/mol. The van der Waals surface area contributed by atoms with Crippen LogP contribution < -0.4 is 10.9 Å². The van der Waals surface area contributed by atoms with Crippen LogP contribution in [0.25, 0.3) is 22.2 Å².